The molecule has 160 valence electrons. The van der Waals surface area contributed by atoms with Gasteiger partial charge < -0.3 is 15.4 Å². The van der Waals surface area contributed by atoms with E-state index in [1.165, 1.54) is 18.6 Å². The fourth-order valence-corrected chi connectivity index (χ4v) is 4.32. The molecule has 0 amide bonds. The number of H-pyrrole nitrogens is 1. The maximum atomic E-state index is 12.9. The third-order valence-electron chi connectivity index (χ3n) is 5.59. The number of aliphatic hydroxyl groups is 1. The number of hydrogen-bond donors (Lipinski definition) is 3. The SMILES string of the molecule is Cc1nc(NCCN2CCc3c([nH]c4ccc(Cl)cc34)C2CO)ccc1C(F)(F)F. The lowest BCUT2D eigenvalue weighted by Crippen LogP contribution is -2.40. The first kappa shape index (κ1) is 21.0. The van der Waals surface area contributed by atoms with E-state index in [2.05, 4.69) is 20.2 Å². The van der Waals surface area contributed by atoms with Crippen LogP contribution in [-0.2, 0) is 12.6 Å². The molecule has 1 atom stereocenters. The largest absolute Gasteiger partial charge is 0.418 e. The maximum absolute atomic E-state index is 12.9. The zero-order valence-corrected chi connectivity index (χ0v) is 17.1. The number of anilines is 1. The molecule has 0 fully saturated rings. The zero-order chi connectivity index (χ0) is 21.5. The Labute approximate surface area is 176 Å². The molecule has 1 aliphatic heterocycles. The van der Waals surface area contributed by atoms with E-state index in [9.17, 15) is 18.3 Å². The first-order valence-electron chi connectivity index (χ1n) is 9.71. The van der Waals surface area contributed by atoms with Crippen molar-refractivity contribution in [2.75, 3.05) is 31.6 Å². The molecule has 2 aromatic heterocycles. The molecule has 1 unspecified atom stereocenters. The maximum Gasteiger partial charge on any atom is 0.418 e. The summed E-state index contributed by atoms with van der Waals surface area (Å²) in [6, 6.07) is 7.93. The summed E-state index contributed by atoms with van der Waals surface area (Å²) in [7, 11) is 0. The van der Waals surface area contributed by atoms with E-state index in [0.29, 0.717) is 23.9 Å². The van der Waals surface area contributed by atoms with Gasteiger partial charge in [0.1, 0.15) is 5.82 Å². The number of nitrogens with one attached hydrogen (secondary N) is 2. The van der Waals surface area contributed by atoms with Crippen LogP contribution in [0.5, 0.6) is 0 Å². The molecule has 0 saturated carbocycles. The summed E-state index contributed by atoms with van der Waals surface area (Å²) in [5.41, 5.74) is 2.38. The fraction of sp³-hybridized carbons (Fsp3) is 0.381. The van der Waals surface area contributed by atoms with Gasteiger partial charge in [0.25, 0.3) is 0 Å². The van der Waals surface area contributed by atoms with Gasteiger partial charge in [-0.1, -0.05) is 11.6 Å². The third-order valence-corrected chi connectivity index (χ3v) is 5.83. The number of aromatic nitrogens is 2. The van der Waals surface area contributed by atoms with Crippen molar-refractivity contribution in [3.63, 3.8) is 0 Å². The van der Waals surface area contributed by atoms with Gasteiger partial charge in [0.15, 0.2) is 0 Å². The number of hydrogen-bond acceptors (Lipinski definition) is 4. The minimum atomic E-state index is -4.40. The number of fused-ring (bicyclic) bond motifs is 3. The monoisotopic (exact) mass is 438 g/mol. The Balaban J connectivity index is 1.45. The van der Waals surface area contributed by atoms with Crippen LogP contribution < -0.4 is 5.32 Å². The molecule has 0 bridgehead atoms. The molecule has 1 aliphatic rings. The first-order chi connectivity index (χ1) is 14.3. The van der Waals surface area contributed by atoms with Gasteiger partial charge in [0.05, 0.1) is 23.9 Å². The molecule has 4 rings (SSSR count). The van der Waals surface area contributed by atoms with Gasteiger partial charge in [-0.25, -0.2) is 4.98 Å². The minimum Gasteiger partial charge on any atom is -0.394 e. The molecule has 5 nitrogen and oxygen atoms in total. The highest BCUT2D eigenvalue weighted by molar-refractivity contribution is 6.31. The van der Waals surface area contributed by atoms with Crippen LogP contribution in [0.4, 0.5) is 19.0 Å². The average molecular weight is 439 g/mol. The second kappa shape index (κ2) is 8.09. The van der Waals surface area contributed by atoms with Crippen molar-refractivity contribution in [3.05, 3.63) is 57.9 Å². The van der Waals surface area contributed by atoms with E-state index < -0.39 is 11.7 Å². The number of aryl methyl sites for hydroxylation is 1. The van der Waals surface area contributed by atoms with Crippen LogP contribution in [0.2, 0.25) is 5.02 Å². The van der Waals surface area contributed by atoms with Gasteiger partial charge in [0, 0.05) is 41.3 Å². The molecule has 3 heterocycles. The van der Waals surface area contributed by atoms with Gasteiger partial charge >= 0.3 is 6.18 Å². The predicted octanol–water partition coefficient (Wildman–Crippen LogP) is 4.55. The summed E-state index contributed by atoms with van der Waals surface area (Å²) >= 11 is 6.14. The summed E-state index contributed by atoms with van der Waals surface area (Å²) in [4.78, 5) is 9.58. The molecule has 3 N–H and O–H groups in total. The smallest absolute Gasteiger partial charge is 0.394 e. The number of nitrogens with zero attached hydrogens (tertiary/aromatic N) is 2. The standard InChI is InChI=1S/C21H22ClF3N4O/c1-12-16(21(23,24)25)3-5-19(27-12)26-7-9-29-8-6-14-15-10-13(22)2-4-17(15)28-20(14)18(29)11-30/h2-5,10,18,28,30H,6-9,11H2,1H3,(H,26,27). The molecule has 30 heavy (non-hydrogen) atoms. The second-order valence-electron chi connectivity index (χ2n) is 7.45. The van der Waals surface area contributed by atoms with Crippen LogP contribution in [0.1, 0.15) is 28.6 Å². The van der Waals surface area contributed by atoms with Crippen molar-refractivity contribution < 1.29 is 18.3 Å². The quantitative estimate of drug-likeness (QED) is 0.547. The van der Waals surface area contributed by atoms with E-state index in [0.717, 1.165) is 35.6 Å². The molecule has 9 heteroatoms. The van der Waals surface area contributed by atoms with Crippen molar-refractivity contribution in [2.45, 2.75) is 25.6 Å². The lowest BCUT2D eigenvalue weighted by molar-refractivity contribution is -0.138. The molecule has 0 radical (unpaired) electrons. The molecule has 0 aliphatic carbocycles. The van der Waals surface area contributed by atoms with Crippen LogP contribution in [-0.4, -0.2) is 46.2 Å². The van der Waals surface area contributed by atoms with Crippen molar-refractivity contribution in [2.24, 2.45) is 0 Å². The fourth-order valence-electron chi connectivity index (χ4n) is 4.15. The normalized spacial score (nSPS) is 17.3. The van der Waals surface area contributed by atoms with Crippen molar-refractivity contribution in [1.82, 2.24) is 14.9 Å². The van der Waals surface area contributed by atoms with Gasteiger partial charge in [-0.05, 0) is 49.2 Å². The van der Waals surface area contributed by atoms with Crippen LogP contribution in [0.15, 0.2) is 30.3 Å². The summed E-state index contributed by atoms with van der Waals surface area (Å²) in [5.74, 6) is 0.402. The minimum absolute atomic E-state index is 0.0365. The molecule has 1 aromatic carbocycles. The van der Waals surface area contributed by atoms with Crippen molar-refractivity contribution in [1.29, 1.82) is 0 Å². The Bertz CT molecular complexity index is 1070. The molecular formula is C21H22ClF3N4O. The third kappa shape index (κ3) is 3.99. The highest BCUT2D eigenvalue weighted by Crippen LogP contribution is 2.35. The van der Waals surface area contributed by atoms with E-state index in [-0.39, 0.29) is 18.3 Å². The first-order valence-corrected chi connectivity index (χ1v) is 10.1. The van der Waals surface area contributed by atoms with E-state index in [1.54, 1.807) is 0 Å². The van der Waals surface area contributed by atoms with Crippen molar-refractivity contribution >= 4 is 28.3 Å². The number of halogens is 4. The summed E-state index contributed by atoms with van der Waals surface area (Å²) in [5, 5.41) is 14.9. The summed E-state index contributed by atoms with van der Waals surface area (Å²) in [6.45, 7) is 3.19. The Morgan fingerprint density at radius 1 is 1.30 bits per heavy atom. The van der Waals surface area contributed by atoms with E-state index in [4.69, 9.17) is 11.6 Å². The lowest BCUT2D eigenvalue weighted by atomic mass is 9.97. The highest BCUT2D eigenvalue weighted by Gasteiger charge is 2.33. The number of benzene rings is 1. The van der Waals surface area contributed by atoms with Gasteiger partial charge in [0.2, 0.25) is 0 Å². The molecule has 0 saturated heterocycles. The average Bonchev–Trinajstić information content (AvgIpc) is 3.04. The van der Waals surface area contributed by atoms with Crippen molar-refractivity contribution in [3.8, 4) is 0 Å². The zero-order valence-electron chi connectivity index (χ0n) is 16.4. The molecule has 0 spiro atoms. The molecule has 3 aromatic rings. The van der Waals surface area contributed by atoms with Crippen LogP contribution >= 0.6 is 11.6 Å². The second-order valence-corrected chi connectivity index (χ2v) is 7.88. The van der Waals surface area contributed by atoms with Gasteiger partial charge in [-0.3, -0.25) is 4.90 Å². The Morgan fingerprint density at radius 3 is 2.80 bits per heavy atom. The Hall–Kier alpha value is -2.29. The topological polar surface area (TPSA) is 64.2 Å². The number of aromatic amines is 1. The molecular weight excluding hydrogens is 417 g/mol. The van der Waals surface area contributed by atoms with E-state index in [1.807, 2.05) is 18.2 Å². The number of alkyl halides is 3. The van der Waals surface area contributed by atoms with E-state index >= 15 is 0 Å². The lowest BCUT2D eigenvalue weighted by Gasteiger charge is -2.34. The Morgan fingerprint density at radius 2 is 2.10 bits per heavy atom. The number of aliphatic hydroxyl groups excluding tert-OH is 1. The van der Waals surface area contributed by atoms with Crippen LogP contribution in [0.25, 0.3) is 10.9 Å². The Kier molecular flexibility index (Phi) is 5.65. The van der Waals surface area contributed by atoms with Crippen LogP contribution in [0.3, 0.4) is 0 Å². The summed E-state index contributed by atoms with van der Waals surface area (Å²) in [6.07, 6.45) is -3.58. The summed E-state index contributed by atoms with van der Waals surface area (Å²) < 4.78 is 38.6. The predicted molar refractivity (Wildman–Crippen MR) is 111 cm³/mol. The van der Waals surface area contributed by atoms with Crippen LogP contribution in [0, 0.1) is 6.92 Å². The number of pyridine rings is 1. The van der Waals surface area contributed by atoms with Gasteiger partial charge in [-0.15, -0.1) is 0 Å². The number of rotatable bonds is 5. The van der Waals surface area contributed by atoms with Gasteiger partial charge in [-0.2, -0.15) is 13.2 Å². The highest BCUT2D eigenvalue weighted by atomic mass is 35.5.